The van der Waals surface area contributed by atoms with Crippen molar-refractivity contribution in [2.24, 2.45) is 22.0 Å². The standard InChI is InChI=1S/C29H44.CH5N.H2/c1-26(2,3)20-28(7,8)24-13-11-12-22(14-17-24)23-15-18-25(19-16-23)29(9,10)21-27(4,5)6;1-2;/h12-19H,11,20-21H2,1-10H3;2H2,1H3;1H. The third-order valence-electron chi connectivity index (χ3n) is 5.84. The van der Waals surface area contributed by atoms with Crippen molar-refractivity contribution in [2.75, 3.05) is 7.05 Å². The minimum absolute atomic E-state index is 0. The van der Waals surface area contributed by atoms with Crippen molar-refractivity contribution in [1.29, 1.82) is 0 Å². The third kappa shape index (κ3) is 8.81. The number of hydrogen-bond donors (Lipinski definition) is 1. The van der Waals surface area contributed by atoms with E-state index in [9.17, 15) is 0 Å². The van der Waals surface area contributed by atoms with Gasteiger partial charge >= 0.3 is 0 Å². The first-order chi connectivity index (χ1) is 14.1. The Morgan fingerprint density at radius 3 is 1.65 bits per heavy atom. The van der Waals surface area contributed by atoms with Crippen LogP contribution in [0, 0.1) is 16.2 Å². The van der Waals surface area contributed by atoms with E-state index in [-0.39, 0.29) is 12.3 Å². The first kappa shape index (κ1) is 27.4. The zero-order valence-corrected chi connectivity index (χ0v) is 22.3. The fourth-order valence-corrected chi connectivity index (χ4v) is 5.31. The molecule has 0 heterocycles. The summed E-state index contributed by atoms with van der Waals surface area (Å²) in [4.78, 5) is 0. The van der Waals surface area contributed by atoms with Gasteiger partial charge in [-0.25, -0.2) is 0 Å². The van der Waals surface area contributed by atoms with E-state index >= 15 is 0 Å². The maximum Gasteiger partial charge on any atom is 0 e. The molecule has 0 saturated heterocycles. The van der Waals surface area contributed by atoms with Crippen LogP contribution in [0.5, 0.6) is 0 Å². The lowest BCUT2D eigenvalue weighted by atomic mass is 9.71. The quantitative estimate of drug-likeness (QED) is 0.500. The van der Waals surface area contributed by atoms with Crippen LogP contribution >= 0.6 is 0 Å². The fourth-order valence-electron chi connectivity index (χ4n) is 5.31. The molecule has 176 valence electrons. The molecule has 0 aliphatic heterocycles. The minimum Gasteiger partial charge on any atom is -0.333 e. The predicted octanol–water partition coefficient (Wildman–Crippen LogP) is 8.95. The topological polar surface area (TPSA) is 26.0 Å². The normalized spacial score (nSPS) is 15.5. The van der Waals surface area contributed by atoms with Gasteiger partial charge in [0.05, 0.1) is 0 Å². The summed E-state index contributed by atoms with van der Waals surface area (Å²) in [5, 5.41) is 0. The summed E-state index contributed by atoms with van der Waals surface area (Å²) < 4.78 is 0. The summed E-state index contributed by atoms with van der Waals surface area (Å²) >= 11 is 0. The molecule has 1 heteroatoms. The molecule has 0 aromatic heterocycles. The van der Waals surface area contributed by atoms with Gasteiger partial charge in [-0.3, -0.25) is 0 Å². The average Bonchev–Trinajstić information content (AvgIpc) is 2.86. The van der Waals surface area contributed by atoms with Crippen LogP contribution in [0.4, 0.5) is 0 Å². The second kappa shape index (κ2) is 10.3. The first-order valence-electron chi connectivity index (χ1n) is 11.9. The van der Waals surface area contributed by atoms with Gasteiger partial charge in [-0.15, -0.1) is 0 Å². The van der Waals surface area contributed by atoms with Crippen molar-refractivity contribution in [3.05, 3.63) is 65.3 Å². The average molecular weight is 426 g/mol. The molecule has 0 saturated carbocycles. The maximum absolute atomic E-state index is 4.50. The summed E-state index contributed by atoms with van der Waals surface area (Å²) in [7, 11) is 1.50. The number of allylic oxidation sites excluding steroid dienone is 6. The molecule has 0 amide bonds. The minimum atomic E-state index is 0. The second-order valence-corrected chi connectivity index (χ2v) is 12.7. The van der Waals surface area contributed by atoms with E-state index in [1.54, 1.807) is 0 Å². The van der Waals surface area contributed by atoms with Gasteiger partial charge in [0.15, 0.2) is 0 Å². The molecule has 0 radical (unpaired) electrons. The Morgan fingerprint density at radius 1 is 0.677 bits per heavy atom. The van der Waals surface area contributed by atoms with Crippen LogP contribution in [-0.2, 0) is 5.41 Å². The van der Waals surface area contributed by atoms with Gasteiger partial charge in [-0.2, -0.15) is 0 Å². The van der Waals surface area contributed by atoms with Crippen LogP contribution in [0.15, 0.2) is 54.1 Å². The van der Waals surface area contributed by atoms with E-state index in [1.807, 2.05) is 0 Å². The molecule has 0 spiro atoms. The highest BCUT2D eigenvalue weighted by atomic mass is 14.4. The number of rotatable bonds is 5. The van der Waals surface area contributed by atoms with E-state index in [0.29, 0.717) is 10.8 Å². The molecule has 0 bridgehead atoms. The Labute approximate surface area is 195 Å². The van der Waals surface area contributed by atoms with Crippen molar-refractivity contribution < 1.29 is 1.43 Å². The predicted molar refractivity (Wildman–Crippen MR) is 143 cm³/mol. The van der Waals surface area contributed by atoms with Crippen LogP contribution in [0.25, 0.3) is 5.57 Å². The number of hydrogen-bond acceptors (Lipinski definition) is 1. The lowest BCUT2D eigenvalue weighted by Crippen LogP contribution is -2.24. The Morgan fingerprint density at radius 2 is 1.16 bits per heavy atom. The molecular weight excluding hydrogens is 374 g/mol. The Bertz CT molecular complexity index is 791. The SMILES string of the molecule is CC(C)(C)CC(C)(C)C1=CCC=C(c2ccc(C(C)(C)CC(C)(C)C)cc2)C=C1.CN.[HH]. The van der Waals surface area contributed by atoms with Gasteiger partial charge in [-0.1, -0.05) is 118 Å². The van der Waals surface area contributed by atoms with Crippen LogP contribution in [0.1, 0.15) is 101 Å². The lowest BCUT2D eigenvalue weighted by molar-refractivity contribution is 0.253. The Hall–Kier alpha value is -1.60. The van der Waals surface area contributed by atoms with Gasteiger partial charge in [0.2, 0.25) is 0 Å². The zero-order chi connectivity index (χ0) is 24.1. The van der Waals surface area contributed by atoms with Crippen LogP contribution in [0.3, 0.4) is 0 Å². The Kier molecular flexibility index (Phi) is 9.15. The molecule has 31 heavy (non-hydrogen) atoms. The summed E-state index contributed by atoms with van der Waals surface area (Å²) in [5.74, 6) is 0. The Balaban J connectivity index is 0.00000311. The third-order valence-corrected chi connectivity index (χ3v) is 5.84. The fraction of sp³-hybridized carbons (Fsp3) is 0.600. The van der Waals surface area contributed by atoms with E-state index < -0.39 is 0 Å². The highest BCUT2D eigenvalue weighted by molar-refractivity contribution is 5.75. The molecule has 0 fully saturated rings. The number of nitrogens with two attached hydrogens (primary N) is 1. The summed E-state index contributed by atoms with van der Waals surface area (Å²) in [6.07, 6.45) is 12.8. The highest BCUT2D eigenvalue weighted by Gasteiger charge is 2.29. The van der Waals surface area contributed by atoms with Crippen molar-refractivity contribution in [3.63, 3.8) is 0 Å². The van der Waals surface area contributed by atoms with E-state index in [1.165, 1.54) is 42.2 Å². The van der Waals surface area contributed by atoms with Gasteiger partial charge in [0.25, 0.3) is 0 Å². The van der Waals surface area contributed by atoms with E-state index in [0.717, 1.165) is 6.42 Å². The molecule has 1 nitrogen and oxygen atoms in total. The van der Waals surface area contributed by atoms with E-state index in [2.05, 4.69) is 124 Å². The smallest absolute Gasteiger partial charge is 0 e. The highest BCUT2D eigenvalue weighted by Crippen LogP contribution is 2.41. The van der Waals surface area contributed by atoms with Gasteiger partial charge in [0, 0.05) is 1.43 Å². The maximum atomic E-state index is 4.50. The lowest BCUT2D eigenvalue weighted by Gasteiger charge is -2.33. The summed E-state index contributed by atoms with van der Waals surface area (Å²) in [6.45, 7) is 23.5. The van der Waals surface area contributed by atoms with E-state index in [4.69, 9.17) is 0 Å². The van der Waals surface area contributed by atoms with Crippen molar-refractivity contribution in [2.45, 2.75) is 93.9 Å². The molecule has 1 aliphatic rings. The van der Waals surface area contributed by atoms with Crippen LogP contribution < -0.4 is 5.73 Å². The van der Waals surface area contributed by atoms with Gasteiger partial charge in [-0.05, 0) is 70.2 Å². The second-order valence-electron chi connectivity index (χ2n) is 12.7. The van der Waals surface area contributed by atoms with Gasteiger partial charge < -0.3 is 5.73 Å². The number of benzene rings is 1. The van der Waals surface area contributed by atoms with Crippen molar-refractivity contribution in [1.82, 2.24) is 0 Å². The molecule has 2 N–H and O–H groups in total. The first-order valence-corrected chi connectivity index (χ1v) is 11.9. The monoisotopic (exact) mass is 425 g/mol. The largest absolute Gasteiger partial charge is 0.333 e. The summed E-state index contributed by atoms with van der Waals surface area (Å²) in [6, 6.07) is 9.28. The molecule has 2 rings (SSSR count). The van der Waals surface area contributed by atoms with Crippen LogP contribution in [-0.4, -0.2) is 7.05 Å². The summed E-state index contributed by atoms with van der Waals surface area (Å²) in [5.41, 5.74) is 11.1. The molecule has 0 atom stereocenters. The molecule has 1 aliphatic carbocycles. The molecule has 0 unspecified atom stereocenters. The van der Waals surface area contributed by atoms with Crippen LogP contribution in [0.2, 0.25) is 0 Å². The molecule has 1 aromatic carbocycles. The van der Waals surface area contributed by atoms with Crippen molar-refractivity contribution >= 4 is 5.57 Å². The zero-order valence-electron chi connectivity index (χ0n) is 22.3. The van der Waals surface area contributed by atoms with Gasteiger partial charge in [0.1, 0.15) is 0 Å². The molecule has 1 aromatic rings. The molecular formula is C30H51N. The van der Waals surface area contributed by atoms with Crippen molar-refractivity contribution in [3.8, 4) is 0 Å².